The Kier molecular flexibility index (Phi) is 12.3. The van der Waals surface area contributed by atoms with E-state index in [1.165, 1.54) is 7.11 Å². The van der Waals surface area contributed by atoms with Crippen molar-refractivity contribution in [2.45, 2.75) is 77.7 Å². The molecular formula is C29H40N2O8. The maximum Gasteiger partial charge on any atom is 0.338 e. The van der Waals surface area contributed by atoms with E-state index < -0.39 is 41.2 Å². The number of ether oxygens (including phenoxy) is 3. The van der Waals surface area contributed by atoms with Crippen molar-refractivity contribution in [3.63, 3.8) is 0 Å². The van der Waals surface area contributed by atoms with E-state index >= 15 is 0 Å². The Balaban J connectivity index is 0.000000391. The molecule has 10 heteroatoms. The van der Waals surface area contributed by atoms with Crippen molar-refractivity contribution < 1.29 is 38.5 Å². The van der Waals surface area contributed by atoms with Crippen molar-refractivity contribution in [3.8, 4) is 0 Å². The highest BCUT2D eigenvalue weighted by molar-refractivity contribution is 5.90. The molecule has 0 aliphatic carbocycles. The van der Waals surface area contributed by atoms with E-state index in [1.807, 2.05) is 20.8 Å². The second-order valence-electron chi connectivity index (χ2n) is 10.9. The van der Waals surface area contributed by atoms with E-state index in [9.17, 15) is 19.2 Å². The van der Waals surface area contributed by atoms with Crippen LogP contribution in [-0.4, -0.2) is 59.4 Å². The van der Waals surface area contributed by atoms with Crippen LogP contribution >= 0.6 is 0 Å². The van der Waals surface area contributed by atoms with Gasteiger partial charge in [-0.1, -0.05) is 24.3 Å². The lowest BCUT2D eigenvalue weighted by atomic mass is 10.0. The standard InChI is InChI=1S/C15H21NO4.C14H19NO4/c1-15(2,3)20-13(17)11-7-5-10(6-8-11)9-12(16)14(18)19-4;1-14(2,3)19-13(18)10-6-4-9(5-7-10)8-11(15)12(16)17/h5-8,12H,9,16H2,1-4H3;4-7,11H,8,15H2,1-3H3,(H,16,17)/t12-;11-/m00/s1. The highest BCUT2D eigenvalue weighted by atomic mass is 16.6. The molecule has 214 valence electrons. The maximum atomic E-state index is 11.8. The molecule has 0 amide bonds. The predicted molar refractivity (Wildman–Crippen MR) is 146 cm³/mol. The minimum absolute atomic E-state index is 0.226. The van der Waals surface area contributed by atoms with Crippen LogP contribution in [0.15, 0.2) is 48.5 Å². The number of methoxy groups -OCH3 is 1. The first kappa shape index (κ1) is 33.3. The van der Waals surface area contributed by atoms with Crippen molar-refractivity contribution in [1.29, 1.82) is 0 Å². The molecule has 0 fully saturated rings. The number of aliphatic carboxylic acids is 1. The second kappa shape index (κ2) is 14.4. The van der Waals surface area contributed by atoms with Crippen LogP contribution in [0.5, 0.6) is 0 Å². The van der Waals surface area contributed by atoms with E-state index in [0.717, 1.165) is 11.1 Å². The highest BCUT2D eigenvalue weighted by Crippen LogP contribution is 2.15. The summed E-state index contributed by atoms with van der Waals surface area (Å²) in [6.45, 7) is 10.8. The van der Waals surface area contributed by atoms with Crippen molar-refractivity contribution >= 4 is 23.9 Å². The van der Waals surface area contributed by atoms with Crippen molar-refractivity contribution in [2.75, 3.05) is 7.11 Å². The second-order valence-corrected chi connectivity index (χ2v) is 10.9. The topological polar surface area (TPSA) is 168 Å². The Morgan fingerprint density at radius 1 is 0.692 bits per heavy atom. The fraction of sp³-hybridized carbons (Fsp3) is 0.448. The molecular weight excluding hydrogens is 504 g/mol. The van der Waals surface area contributed by atoms with Gasteiger partial charge in [-0.05, 0) is 89.8 Å². The number of nitrogens with two attached hydrogens (primary N) is 2. The van der Waals surface area contributed by atoms with E-state index in [4.69, 9.17) is 26.0 Å². The summed E-state index contributed by atoms with van der Waals surface area (Å²) in [5.41, 5.74) is 12.6. The minimum Gasteiger partial charge on any atom is -0.480 e. The summed E-state index contributed by atoms with van der Waals surface area (Å²) in [6, 6.07) is 11.8. The first-order chi connectivity index (χ1) is 17.9. The zero-order valence-electron chi connectivity index (χ0n) is 23.6. The monoisotopic (exact) mass is 544 g/mol. The van der Waals surface area contributed by atoms with Crippen LogP contribution in [0.2, 0.25) is 0 Å². The smallest absolute Gasteiger partial charge is 0.338 e. The van der Waals surface area contributed by atoms with Gasteiger partial charge in [-0.15, -0.1) is 0 Å². The SMILES string of the molecule is CC(C)(C)OC(=O)c1ccc(C[C@H](N)C(=O)O)cc1.COC(=O)[C@@H](N)Cc1ccc(C(=O)OC(C)(C)C)cc1. The molecule has 2 rings (SSSR count). The lowest BCUT2D eigenvalue weighted by molar-refractivity contribution is -0.142. The van der Waals surface area contributed by atoms with Gasteiger partial charge in [0.2, 0.25) is 0 Å². The number of carboxylic acids is 1. The number of hydrogen-bond donors (Lipinski definition) is 3. The zero-order valence-corrected chi connectivity index (χ0v) is 23.6. The number of carboxylic acid groups (broad SMARTS) is 1. The summed E-state index contributed by atoms with van der Waals surface area (Å²) in [7, 11) is 1.30. The molecule has 0 radical (unpaired) electrons. The molecule has 0 spiro atoms. The molecule has 0 heterocycles. The van der Waals surface area contributed by atoms with Crippen LogP contribution in [0.25, 0.3) is 0 Å². The molecule has 0 aliphatic rings. The van der Waals surface area contributed by atoms with Gasteiger partial charge in [-0.25, -0.2) is 9.59 Å². The van der Waals surface area contributed by atoms with Crippen LogP contribution in [0.3, 0.4) is 0 Å². The average Bonchev–Trinajstić information content (AvgIpc) is 2.82. The fourth-order valence-electron chi connectivity index (χ4n) is 3.06. The number of hydrogen-bond acceptors (Lipinski definition) is 9. The van der Waals surface area contributed by atoms with E-state index in [1.54, 1.807) is 69.3 Å². The number of esters is 3. The normalized spacial score (nSPS) is 12.7. The van der Waals surface area contributed by atoms with Crippen LogP contribution in [-0.2, 0) is 36.6 Å². The molecule has 0 aromatic heterocycles. The molecule has 0 saturated heterocycles. The van der Waals surface area contributed by atoms with Crippen LogP contribution < -0.4 is 11.5 Å². The molecule has 10 nitrogen and oxygen atoms in total. The van der Waals surface area contributed by atoms with Gasteiger partial charge in [0.05, 0.1) is 18.2 Å². The molecule has 0 aliphatic heterocycles. The van der Waals surface area contributed by atoms with Gasteiger partial charge in [0.1, 0.15) is 23.3 Å². The van der Waals surface area contributed by atoms with Gasteiger partial charge >= 0.3 is 23.9 Å². The van der Waals surface area contributed by atoms with E-state index in [-0.39, 0.29) is 12.4 Å². The van der Waals surface area contributed by atoms with Gasteiger partial charge in [0.15, 0.2) is 0 Å². The summed E-state index contributed by atoms with van der Waals surface area (Å²) < 4.78 is 15.1. The lowest BCUT2D eigenvalue weighted by Gasteiger charge is -2.19. The Morgan fingerprint density at radius 2 is 1.03 bits per heavy atom. The average molecular weight is 545 g/mol. The van der Waals surface area contributed by atoms with E-state index in [0.29, 0.717) is 17.5 Å². The van der Waals surface area contributed by atoms with Crippen LogP contribution in [0.1, 0.15) is 73.4 Å². The zero-order chi connectivity index (χ0) is 30.0. The Labute approximate surface area is 229 Å². The van der Waals surface area contributed by atoms with E-state index in [2.05, 4.69) is 4.74 Å². The van der Waals surface area contributed by atoms with Crippen molar-refractivity contribution in [1.82, 2.24) is 0 Å². The predicted octanol–water partition coefficient (Wildman–Crippen LogP) is 3.28. The van der Waals surface area contributed by atoms with Crippen molar-refractivity contribution in [2.24, 2.45) is 11.5 Å². The third-order valence-corrected chi connectivity index (χ3v) is 4.91. The number of carbonyl (C=O) groups excluding carboxylic acids is 3. The summed E-state index contributed by atoms with van der Waals surface area (Å²) in [5, 5.41) is 8.71. The molecule has 0 unspecified atom stereocenters. The molecule has 2 atom stereocenters. The van der Waals surface area contributed by atoms with Crippen molar-refractivity contribution in [3.05, 3.63) is 70.8 Å². The Hall–Kier alpha value is -3.76. The minimum atomic E-state index is -1.05. The Bertz CT molecular complexity index is 1110. The summed E-state index contributed by atoms with van der Waals surface area (Å²) in [6.07, 6.45) is 0.588. The molecule has 2 aromatic carbocycles. The lowest BCUT2D eigenvalue weighted by Crippen LogP contribution is -2.33. The quantitative estimate of drug-likeness (QED) is 0.331. The maximum absolute atomic E-state index is 11.8. The third kappa shape index (κ3) is 13.0. The fourth-order valence-corrected chi connectivity index (χ4v) is 3.06. The van der Waals surface area contributed by atoms with Gasteiger partial charge in [0.25, 0.3) is 0 Å². The molecule has 2 aromatic rings. The summed E-state index contributed by atoms with van der Waals surface area (Å²) in [5.74, 6) is -2.28. The number of rotatable bonds is 8. The van der Waals surface area contributed by atoms with Gasteiger partial charge in [-0.3, -0.25) is 9.59 Å². The summed E-state index contributed by atoms with van der Waals surface area (Å²) in [4.78, 5) is 45.5. The Morgan fingerprint density at radius 3 is 1.31 bits per heavy atom. The van der Waals surface area contributed by atoms with Gasteiger partial charge < -0.3 is 30.8 Å². The molecule has 0 saturated carbocycles. The largest absolute Gasteiger partial charge is 0.480 e. The summed E-state index contributed by atoms with van der Waals surface area (Å²) >= 11 is 0. The van der Waals surface area contributed by atoms with Crippen LogP contribution in [0, 0.1) is 0 Å². The van der Waals surface area contributed by atoms with Gasteiger partial charge in [0, 0.05) is 0 Å². The van der Waals surface area contributed by atoms with Crippen LogP contribution in [0.4, 0.5) is 0 Å². The highest BCUT2D eigenvalue weighted by Gasteiger charge is 2.20. The third-order valence-electron chi connectivity index (χ3n) is 4.91. The molecule has 39 heavy (non-hydrogen) atoms. The number of benzene rings is 2. The molecule has 0 bridgehead atoms. The first-order valence-electron chi connectivity index (χ1n) is 12.4. The number of carbonyl (C=O) groups is 4. The first-order valence-corrected chi connectivity index (χ1v) is 12.4. The molecule has 5 N–H and O–H groups in total. The van der Waals surface area contributed by atoms with Gasteiger partial charge in [-0.2, -0.15) is 0 Å².